The molecule has 0 spiro atoms. The van der Waals surface area contributed by atoms with Crippen LogP contribution in [0.1, 0.15) is 25.2 Å². The molecule has 0 saturated carbocycles. The molecule has 1 atom stereocenters. The quantitative estimate of drug-likeness (QED) is 0.849. The van der Waals surface area contributed by atoms with Crippen molar-refractivity contribution in [2.45, 2.75) is 31.7 Å². The van der Waals surface area contributed by atoms with Crippen molar-refractivity contribution in [2.24, 2.45) is 0 Å². The predicted molar refractivity (Wildman–Crippen MR) is 66.7 cm³/mol. The van der Waals surface area contributed by atoms with Crippen LogP contribution in [-0.4, -0.2) is 49.0 Å². The highest BCUT2D eigenvalue weighted by Crippen LogP contribution is 2.16. The van der Waals surface area contributed by atoms with Crippen molar-refractivity contribution in [3.8, 4) is 0 Å². The summed E-state index contributed by atoms with van der Waals surface area (Å²) in [6.07, 6.45) is 4.51. The summed E-state index contributed by atoms with van der Waals surface area (Å²) in [5.41, 5.74) is 0. The summed E-state index contributed by atoms with van der Waals surface area (Å²) in [6, 6.07) is 0.299. The van der Waals surface area contributed by atoms with Gasteiger partial charge in [0.15, 0.2) is 0 Å². The van der Waals surface area contributed by atoms with Crippen LogP contribution >= 0.6 is 0 Å². The molecule has 1 unspecified atom stereocenters. The van der Waals surface area contributed by atoms with Gasteiger partial charge >= 0.3 is 0 Å². The van der Waals surface area contributed by atoms with E-state index in [2.05, 4.69) is 20.4 Å². The minimum Gasteiger partial charge on any atom is -0.378 e. The summed E-state index contributed by atoms with van der Waals surface area (Å²) in [7, 11) is 0. The maximum absolute atomic E-state index is 5.41. The Kier molecular flexibility index (Phi) is 3.75. The molecule has 0 aliphatic carbocycles. The van der Waals surface area contributed by atoms with E-state index in [9.17, 15) is 0 Å². The van der Waals surface area contributed by atoms with E-state index in [-0.39, 0.29) is 0 Å². The van der Waals surface area contributed by atoms with Crippen molar-refractivity contribution in [3.63, 3.8) is 0 Å². The second-order valence-corrected chi connectivity index (χ2v) is 4.97. The average molecular weight is 252 g/mol. The molecule has 2 fully saturated rings. The molecule has 3 heterocycles. The molecule has 2 aliphatic rings. The zero-order chi connectivity index (χ0) is 12.2. The molecular weight excluding hydrogens is 232 g/mol. The molecule has 1 aromatic heterocycles. The SMILES string of the molecule is C1CCN(c2noc(CC3COCCN3)n2)CC1. The Morgan fingerprint density at radius 2 is 2.17 bits per heavy atom. The standard InChI is InChI=1S/C12H20N4O2/c1-2-5-16(6-3-1)12-14-11(18-15-12)8-10-9-17-7-4-13-10/h10,13H,1-9H2. The number of nitrogens with zero attached hydrogens (tertiary/aromatic N) is 3. The number of hydrogen-bond donors (Lipinski definition) is 1. The van der Waals surface area contributed by atoms with Gasteiger partial charge in [-0.3, -0.25) is 0 Å². The van der Waals surface area contributed by atoms with Crippen molar-refractivity contribution < 1.29 is 9.26 Å². The lowest BCUT2D eigenvalue weighted by atomic mass is 10.1. The zero-order valence-electron chi connectivity index (χ0n) is 10.6. The lowest BCUT2D eigenvalue weighted by Gasteiger charge is -2.24. The Morgan fingerprint density at radius 3 is 2.94 bits per heavy atom. The Labute approximate surface area is 107 Å². The van der Waals surface area contributed by atoms with Gasteiger partial charge in [-0.05, 0) is 24.4 Å². The molecule has 100 valence electrons. The summed E-state index contributed by atoms with van der Waals surface area (Å²) in [5.74, 6) is 1.46. The number of aromatic nitrogens is 2. The number of hydrogen-bond acceptors (Lipinski definition) is 6. The number of rotatable bonds is 3. The monoisotopic (exact) mass is 252 g/mol. The zero-order valence-corrected chi connectivity index (χ0v) is 10.6. The van der Waals surface area contributed by atoms with Crippen LogP contribution in [-0.2, 0) is 11.2 Å². The molecule has 1 N–H and O–H groups in total. The lowest BCUT2D eigenvalue weighted by Crippen LogP contribution is -2.42. The summed E-state index contributed by atoms with van der Waals surface area (Å²) in [4.78, 5) is 6.69. The van der Waals surface area contributed by atoms with Crippen molar-refractivity contribution in [1.29, 1.82) is 0 Å². The first kappa shape index (κ1) is 11.9. The fourth-order valence-corrected chi connectivity index (χ4v) is 2.51. The van der Waals surface area contributed by atoms with Gasteiger partial charge < -0.3 is 19.5 Å². The number of ether oxygens (including phenoxy) is 1. The highest BCUT2D eigenvalue weighted by molar-refractivity contribution is 5.28. The molecular formula is C12H20N4O2. The Morgan fingerprint density at radius 1 is 1.28 bits per heavy atom. The predicted octanol–water partition coefficient (Wildman–Crippen LogP) is 0.591. The van der Waals surface area contributed by atoms with E-state index in [0.717, 1.165) is 45.2 Å². The van der Waals surface area contributed by atoms with E-state index < -0.39 is 0 Å². The van der Waals surface area contributed by atoms with Gasteiger partial charge in [0.1, 0.15) is 0 Å². The van der Waals surface area contributed by atoms with E-state index in [4.69, 9.17) is 9.26 Å². The third-order valence-corrected chi connectivity index (χ3v) is 3.52. The summed E-state index contributed by atoms with van der Waals surface area (Å²) < 4.78 is 10.7. The smallest absolute Gasteiger partial charge is 0.266 e. The van der Waals surface area contributed by atoms with Crippen molar-refractivity contribution in [1.82, 2.24) is 15.5 Å². The molecule has 3 rings (SSSR count). The fourth-order valence-electron chi connectivity index (χ4n) is 2.51. The molecule has 2 saturated heterocycles. The lowest BCUT2D eigenvalue weighted by molar-refractivity contribution is 0.0744. The van der Waals surface area contributed by atoms with Crippen LogP contribution in [0, 0.1) is 0 Å². The van der Waals surface area contributed by atoms with E-state index in [1.807, 2.05) is 0 Å². The molecule has 18 heavy (non-hydrogen) atoms. The summed E-state index contributed by atoms with van der Waals surface area (Å²) in [6.45, 7) is 4.51. The second kappa shape index (κ2) is 5.67. The molecule has 1 aromatic rings. The van der Waals surface area contributed by atoms with E-state index in [0.29, 0.717) is 11.9 Å². The number of morpholine rings is 1. The second-order valence-electron chi connectivity index (χ2n) is 4.97. The molecule has 6 nitrogen and oxygen atoms in total. The van der Waals surface area contributed by atoms with Crippen LogP contribution in [0.3, 0.4) is 0 Å². The number of piperidine rings is 1. The van der Waals surface area contributed by atoms with Gasteiger partial charge in [0.05, 0.1) is 13.2 Å². The minimum absolute atomic E-state index is 0.299. The van der Waals surface area contributed by atoms with Gasteiger partial charge in [-0.25, -0.2) is 0 Å². The van der Waals surface area contributed by atoms with Crippen LogP contribution in [0.15, 0.2) is 4.52 Å². The minimum atomic E-state index is 0.299. The maximum Gasteiger partial charge on any atom is 0.266 e. The first-order valence-corrected chi connectivity index (χ1v) is 6.80. The Hall–Kier alpha value is -1.14. The van der Waals surface area contributed by atoms with Crippen LogP contribution in [0.25, 0.3) is 0 Å². The summed E-state index contributed by atoms with van der Waals surface area (Å²) in [5, 5.41) is 7.47. The first-order chi connectivity index (χ1) is 8.92. The van der Waals surface area contributed by atoms with E-state index in [1.54, 1.807) is 0 Å². The van der Waals surface area contributed by atoms with Crippen molar-refractivity contribution >= 4 is 5.95 Å². The molecule has 0 aromatic carbocycles. The van der Waals surface area contributed by atoms with Crippen molar-refractivity contribution in [3.05, 3.63) is 5.89 Å². The Balaban J connectivity index is 1.58. The van der Waals surface area contributed by atoms with Gasteiger partial charge in [0.25, 0.3) is 5.95 Å². The van der Waals surface area contributed by atoms with E-state index in [1.165, 1.54) is 19.3 Å². The van der Waals surface area contributed by atoms with Crippen LogP contribution in [0.2, 0.25) is 0 Å². The normalized spacial score (nSPS) is 25.3. The van der Waals surface area contributed by atoms with Gasteiger partial charge in [-0.15, -0.1) is 0 Å². The fraction of sp³-hybridized carbons (Fsp3) is 0.833. The third kappa shape index (κ3) is 2.81. The maximum atomic E-state index is 5.41. The molecule has 6 heteroatoms. The summed E-state index contributed by atoms with van der Waals surface area (Å²) >= 11 is 0. The highest BCUT2D eigenvalue weighted by Gasteiger charge is 2.20. The van der Waals surface area contributed by atoms with Gasteiger partial charge in [0.2, 0.25) is 5.89 Å². The molecule has 0 bridgehead atoms. The van der Waals surface area contributed by atoms with Crippen LogP contribution < -0.4 is 10.2 Å². The van der Waals surface area contributed by atoms with Gasteiger partial charge in [-0.2, -0.15) is 4.98 Å². The van der Waals surface area contributed by atoms with Gasteiger partial charge in [0, 0.05) is 32.1 Å². The molecule has 0 radical (unpaired) electrons. The van der Waals surface area contributed by atoms with Gasteiger partial charge in [-0.1, -0.05) is 0 Å². The number of nitrogens with one attached hydrogen (secondary N) is 1. The van der Waals surface area contributed by atoms with Crippen molar-refractivity contribution in [2.75, 3.05) is 37.7 Å². The topological polar surface area (TPSA) is 63.4 Å². The Bertz CT molecular complexity index is 370. The third-order valence-electron chi connectivity index (χ3n) is 3.52. The van der Waals surface area contributed by atoms with E-state index >= 15 is 0 Å². The highest BCUT2D eigenvalue weighted by atomic mass is 16.5. The average Bonchev–Trinajstić information content (AvgIpc) is 2.89. The largest absolute Gasteiger partial charge is 0.378 e. The molecule has 2 aliphatic heterocycles. The first-order valence-electron chi connectivity index (χ1n) is 6.80. The number of anilines is 1. The van der Waals surface area contributed by atoms with Crippen LogP contribution in [0.5, 0.6) is 0 Å². The molecule has 0 amide bonds. The van der Waals surface area contributed by atoms with Crippen LogP contribution in [0.4, 0.5) is 5.95 Å².